The number of hydrogen-bond donors (Lipinski definition) is 0. The Morgan fingerprint density at radius 3 is 2.92 bits per heavy atom. The van der Waals surface area contributed by atoms with E-state index in [4.69, 9.17) is 16.3 Å². The van der Waals surface area contributed by atoms with E-state index in [1.807, 2.05) is 29.7 Å². The molecule has 0 N–H and O–H groups in total. The molecule has 0 bridgehead atoms. The van der Waals surface area contributed by atoms with E-state index in [1.54, 1.807) is 6.20 Å². The fourth-order valence-corrected chi connectivity index (χ4v) is 2.47. The van der Waals surface area contributed by atoms with Gasteiger partial charge >= 0.3 is 5.97 Å². The Balaban J connectivity index is 1.78. The zero-order valence-electron chi connectivity index (χ0n) is 12.6. The van der Waals surface area contributed by atoms with Crippen molar-refractivity contribution in [2.75, 3.05) is 0 Å². The van der Waals surface area contributed by atoms with Crippen molar-refractivity contribution >= 4 is 28.9 Å². The predicted molar refractivity (Wildman–Crippen MR) is 87.2 cm³/mol. The number of nitrogens with zero attached hydrogens (tertiary/aromatic N) is 3. The number of pyridine rings is 1. The number of esters is 1. The first-order chi connectivity index (χ1) is 11.5. The number of fused-ring (bicyclic) bond motifs is 1. The zero-order chi connectivity index (χ0) is 17.3. The average Bonchev–Trinajstić information content (AvgIpc) is 2.97. The summed E-state index contributed by atoms with van der Waals surface area (Å²) in [7, 11) is 0. The first-order valence-corrected chi connectivity index (χ1v) is 7.38. The maximum atomic E-state index is 12.1. The summed E-state index contributed by atoms with van der Waals surface area (Å²) in [6, 6.07) is 7.44. The number of aryl methyl sites for hydroxylation is 1. The quantitative estimate of drug-likeness (QED) is 0.410. The molecule has 3 rings (SSSR count). The number of ether oxygens (including phenoxy) is 1. The summed E-state index contributed by atoms with van der Waals surface area (Å²) in [6.07, 6.45) is 3.60. The molecule has 8 heteroatoms. The van der Waals surface area contributed by atoms with Crippen LogP contribution in [-0.2, 0) is 11.3 Å². The second-order valence-electron chi connectivity index (χ2n) is 5.15. The number of non-ortho nitro benzene ring substituents is 1. The average molecular weight is 346 g/mol. The van der Waals surface area contributed by atoms with E-state index in [2.05, 4.69) is 4.98 Å². The van der Waals surface area contributed by atoms with Crippen molar-refractivity contribution in [3.05, 3.63) is 74.7 Å². The second-order valence-corrected chi connectivity index (χ2v) is 5.56. The molecule has 1 aromatic carbocycles. The van der Waals surface area contributed by atoms with Gasteiger partial charge in [-0.3, -0.25) is 10.1 Å². The number of benzene rings is 1. The van der Waals surface area contributed by atoms with Crippen molar-refractivity contribution < 1.29 is 14.5 Å². The van der Waals surface area contributed by atoms with E-state index in [1.165, 1.54) is 12.1 Å². The first-order valence-electron chi connectivity index (χ1n) is 7.00. The molecule has 0 saturated heterocycles. The molecule has 122 valence electrons. The molecule has 0 saturated carbocycles. The largest absolute Gasteiger partial charge is 0.455 e. The molecule has 7 nitrogen and oxygen atoms in total. The Labute approximate surface area is 141 Å². The maximum Gasteiger partial charge on any atom is 0.340 e. The normalized spacial score (nSPS) is 10.8. The topological polar surface area (TPSA) is 86.7 Å². The number of nitro benzene ring substituents is 1. The molecule has 2 aromatic heterocycles. The highest BCUT2D eigenvalue weighted by Crippen LogP contribution is 2.23. The van der Waals surface area contributed by atoms with Crippen molar-refractivity contribution in [1.29, 1.82) is 0 Å². The molecule has 3 aromatic rings. The Hall–Kier alpha value is -2.93. The third-order valence-corrected chi connectivity index (χ3v) is 3.79. The Morgan fingerprint density at radius 2 is 2.21 bits per heavy atom. The molecule has 0 aliphatic carbocycles. The lowest BCUT2D eigenvalue weighted by atomic mass is 10.2. The van der Waals surface area contributed by atoms with Crippen molar-refractivity contribution in [2.45, 2.75) is 13.5 Å². The van der Waals surface area contributed by atoms with E-state index >= 15 is 0 Å². The lowest BCUT2D eigenvalue weighted by Gasteiger charge is -2.04. The monoisotopic (exact) mass is 345 g/mol. The molecule has 0 radical (unpaired) electrons. The van der Waals surface area contributed by atoms with Gasteiger partial charge in [-0.05, 0) is 24.6 Å². The molecule has 2 heterocycles. The van der Waals surface area contributed by atoms with Gasteiger partial charge < -0.3 is 9.14 Å². The fraction of sp³-hybridized carbons (Fsp3) is 0.125. The van der Waals surface area contributed by atoms with Gasteiger partial charge in [0.1, 0.15) is 12.3 Å². The molecule has 0 aliphatic heterocycles. The molecule has 0 spiro atoms. The molecular weight excluding hydrogens is 334 g/mol. The number of carbonyl (C=O) groups excluding carboxylic acids is 1. The number of carbonyl (C=O) groups is 1. The summed E-state index contributed by atoms with van der Waals surface area (Å²) in [5, 5.41) is 10.9. The van der Waals surface area contributed by atoms with E-state index in [-0.39, 0.29) is 22.9 Å². The Bertz CT molecular complexity index is 952. The van der Waals surface area contributed by atoms with Gasteiger partial charge in [-0.15, -0.1) is 0 Å². The Kier molecular flexibility index (Phi) is 4.18. The summed E-state index contributed by atoms with van der Waals surface area (Å²) in [5.41, 5.74) is 2.06. The minimum atomic E-state index is -0.738. The molecule has 0 atom stereocenters. The summed E-state index contributed by atoms with van der Waals surface area (Å²) in [5.74, 6) is -0.738. The molecule has 0 aliphatic rings. The van der Waals surface area contributed by atoms with Crippen LogP contribution in [0.5, 0.6) is 0 Å². The van der Waals surface area contributed by atoms with Crippen LogP contribution in [0.2, 0.25) is 5.02 Å². The highest BCUT2D eigenvalue weighted by Gasteiger charge is 2.17. The molecule has 0 fully saturated rings. The van der Waals surface area contributed by atoms with Crippen LogP contribution < -0.4 is 0 Å². The van der Waals surface area contributed by atoms with E-state index in [0.29, 0.717) is 5.69 Å². The second kappa shape index (κ2) is 6.29. The van der Waals surface area contributed by atoms with Crippen molar-refractivity contribution in [3.63, 3.8) is 0 Å². The maximum absolute atomic E-state index is 12.1. The van der Waals surface area contributed by atoms with Gasteiger partial charge in [0, 0.05) is 24.5 Å². The van der Waals surface area contributed by atoms with Crippen molar-refractivity contribution in [1.82, 2.24) is 9.38 Å². The number of halogens is 1. The van der Waals surface area contributed by atoms with Gasteiger partial charge in [-0.1, -0.05) is 17.7 Å². The summed E-state index contributed by atoms with van der Waals surface area (Å²) >= 11 is 5.92. The fourth-order valence-electron chi connectivity index (χ4n) is 2.27. The standard InChI is InChI=1S/C16H12ClN3O4/c1-10-3-2-6-19-8-11(18-15(10)19)9-24-16(21)13-7-12(20(22)23)4-5-14(13)17/h2-8H,9H2,1H3. The van der Waals surface area contributed by atoms with Crippen molar-refractivity contribution in [2.24, 2.45) is 0 Å². The van der Waals surface area contributed by atoms with Crippen LogP contribution >= 0.6 is 11.6 Å². The van der Waals surface area contributed by atoms with Gasteiger partial charge in [0.25, 0.3) is 5.69 Å². The lowest BCUT2D eigenvalue weighted by Crippen LogP contribution is -2.07. The predicted octanol–water partition coefficient (Wildman–Crippen LogP) is 3.56. The van der Waals surface area contributed by atoms with Crippen LogP contribution in [0, 0.1) is 17.0 Å². The van der Waals surface area contributed by atoms with E-state index in [0.717, 1.165) is 17.3 Å². The molecular formula is C16H12ClN3O4. The summed E-state index contributed by atoms with van der Waals surface area (Å²) in [4.78, 5) is 26.7. The zero-order valence-corrected chi connectivity index (χ0v) is 13.4. The highest BCUT2D eigenvalue weighted by molar-refractivity contribution is 6.33. The van der Waals surface area contributed by atoms with Crippen LogP contribution in [0.3, 0.4) is 0 Å². The molecule has 0 amide bonds. The van der Waals surface area contributed by atoms with Gasteiger partial charge in [0.05, 0.1) is 21.2 Å². The summed E-state index contributed by atoms with van der Waals surface area (Å²) < 4.78 is 7.01. The SMILES string of the molecule is Cc1cccn2cc(COC(=O)c3cc([N+](=O)[O-])ccc3Cl)nc12. The van der Waals surface area contributed by atoms with Crippen LogP contribution in [-0.4, -0.2) is 20.3 Å². The third-order valence-electron chi connectivity index (χ3n) is 3.46. The van der Waals surface area contributed by atoms with Crippen LogP contribution in [0.15, 0.2) is 42.7 Å². The van der Waals surface area contributed by atoms with Gasteiger partial charge in [0.2, 0.25) is 0 Å². The van der Waals surface area contributed by atoms with Gasteiger partial charge in [-0.25, -0.2) is 9.78 Å². The van der Waals surface area contributed by atoms with E-state index < -0.39 is 10.9 Å². The first kappa shape index (κ1) is 15.9. The van der Waals surface area contributed by atoms with Crippen LogP contribution in [0.4, 0.5) is 5.69 Å². The Morgan fingerprint density at radius 1 is 1.42 bits per heavy atom. The lowest BCUT2D eigenvalue weighted by molar-refractivity contribution is -0.384. The minimum absolute atomic E-state index is 0.0502. The number of aromatic nitrogens is 2. The van der Waals surface area contributed by atoms with E-state index in [9.17, 15) is 14.9 Å². The van der Waals surface area contributed by atoms with Gasteiger partial charge in [-0.2, -0.15) is 0 Å². The smallest absolute Gasteiger partial charge is 0.340 e. The van der Waals surface area contributed by atoms with Gasteiger partial charge in [0.15, 0.2) is 0 Å². The highest BCUT2D eigenvalue weighted by atomic mass is 35.5. The van der Waals surface area contributed by atoms with Crippen LogP contribution in [0.1, 0.15) is 21.6 Å². The number of rotatable bonds is 4. The number of nitro groups is 1. The minimum Gasteiger partial charge on any atom is -0.455 e. The summed E-state index contributed by atoms with van der Waals surface area (Å²) in [6.45, 7) is 1.87. The molecule has 24 heavy (non-hydrogen) atoms. The van der Waals surface area contributed by atoms with Crippen LogP contribution in [0.25, 0.3) is 5.65 Å². The number of hydrogen-bond acceptors (Lipinski definition) is 5. The third kappa shape index (κ3) is 3.07. The van der Waals surface area contributed by atoms with Crippen molar-refractivity contribution in [3.8, 4) is 0 Å². The number of imidazole rings is 1. The molecule has 0 unspecified atom stereocenters.